The Balaban J connectivity index is 1.25. The molecule has 1 aromatic carbocycles. The number of rotatable bonds is 10. The van der Waals surface area contributed by atoms with Crippen LogP contribution in [0, 0.1) is 29.1 Å². The lowest BCUT2D eigenvalue weighted by Crippen LogP contribution is -2.49. The number of hydrogen-bond acceptors (Lipinski definition) is 10. The molecule has 0 radical (unpaired) electrons. The van der Waals surface area contributed by atoms with E-state index in [-0.39, 0.29) is 44.0 Å². The second kappa shape index (κ2) is 16.8. The molecule has 12 nitrogen and oxygen atoms in total. The minimum Gasteiger partial charge on any atom is -0.477 e. The van der Waals surface area contributed by atoms with Crippen LogP contribution < -0.4 is 14.2 Å². The fourth-order valence-electron chi connectivity index (χ4n) is 9.35. The van der Waals surface area contributed by atoms with Gasteiger partial charge in [0, 0.05) is 23.8 Å². The quantitative estimate of drug-likeness (QED) is 0.148. The molecule has 3 fully saturated rings. The Labute approximate surface area is 353 Å². The molecule has 61 heavy (non-hydrogen) atoms. The first-order valence-corrected chi connectivity index (χ1v) is 22.9. The van der Waals surface area contributed by atoms with Crippen LogP contribution in [0.25, 0.3) is 10.8 Å². The van der Waals surface area contributed by atoms with Gasteiger partial charge in [0.25, 0.3) is 0 Å². The number of aromatic nitrogens is 1. The van der Waals surface area contributed by atoms with Crippen molar-refractivity contribution in [2.75, 3.05) is 19.8 Å². The van der Waals surface area contributed by atoms with Crippen LogP contribution in [0.3, 0.4) is 0 Å². The molecule has 7 rings (SSSR count). The van der Waals surface area contributed by atoms with Gasteiger partial charge in [0.05, 0.1) is 36.9 Å². The normalized spacial score (nSPS) is 29.8. The SMILES string of the molecule is CC[C@@H]1C[C@H](C)CC/C=C\[C@@H]2C[C@@]2(C(=O)NS(=O)(=O)C2(CF)CC2)CC(=O)[C@@H]2C[C@@H](Oc3nc4c(c5ccccc35)CCCO4)CN2C(=O)[C@H]1CC(=O)OC(C)(C)C(F)(F)F. The molecule has 5 aliphatic rings. The third kappa shape index (κ3) is 8.86. The average Bonchev–Trinajstić information content (AvgIpc) is 4.11. The minimum absolute atomic E-state index is 0.0110. The first kappa shape index (κ1) is 44.8. The molecule has 1 N–H and O–H groups in total. The molecule has 2 aliphatic carbocycles. The fourth-order valence-corrected chi connectivity index (χ4v) is 10.8. The van der Waals surface area contributed by atoms with Crippen molar-refractivity contribution in [1.82, 2.24) is 14.6 Å². The van der Waals surface area contributed by atoms with Crippen molar-refractivity contribution in [3.63, 3.8) is 0 Å². The number of sulfonamides is 1. The van der Waals surface area contributed by atoms with E-state index in [9.17, 15) is 40.4 Å². The molecule has 0 unspecified atom stereocenters. The number of allylic oxidation sites excluding steroid dienone is 2. The molecule has 2 saturated carbocycles. The molecular weight excluding hydrogens is 823 g/mol. The van der Waals surface area contributed by atoms with Crippen molar-refractivity contribution in [3.8, 4) is 11.8 Å². The zero-order valence-corrected chi connectivity index (χ0v) is 35.8. The monoisotopic (exact) mass is 877 g/mol. The molecule has 4 heterocycles. The molecule has 2 aromatic rings. The van der Waals surface area contributed by atoms with Crippen LogP contribution in [0.1, 0.15) is 104 Å². The fraction of sp³-hybridized carbons (Fsp3) is 0.659. The molecule has 3 aliphatic heterocycles. The number of amides is 2. The summed E-state index contributed by atoms with van der Waals surface area (Å²) in [6.45, 7) is 4.43. The summed E-state index contributed by atoms with van der Waals surface area (Å²) in [5, 5.41) is 1.56. The Hall–Kier alpha value is -4.28. The highest BCUT2D eigenvalue weighted by Crippen LogP contribution is 2.58. The van der Waals surface area contributed by atoms with Gasteiger partial charge in [0.15, 0.2) is 5.78 Å². The van der Waals surface area contributed by atoms with Gasteiger partial charge in [-0.2, -0.15) is 18.2 Å². The van der Waals surface area contributed by atoms with Crippen molar-refractivity contribution < 1.29 is 59.4 Å². The van der Waals surface area contributed by atoms with Crippen LogP contribution in [0.2, 0.25) is 0 Å². The topological polar surface area (TPSA) is 158 Å². The highest BCUT2D eigenvalue weighted by atomic mass is 32.2. The standard InChI is InChI=1S/C44H55F4N3O9S/c1-5-27-19-26(2)11-6-7-12-28-22-43(28,40(55)50-61(56,57)42(25-45)16-17-42)23-35(52)34-20-29(24-51(34)39(54)33(27)21-36(53)60-41(3,4)44(46,47)48)59-38-32-14-9-8-13-30(32)31-15-10-18-58-37(31)49-38/h7-9,12-14,26-29,33-34H,5-6,10-11,15-25H2,1-4H3,(H,50,55)/b12-7-/t26-,27-,28-,29-,33+,34+,43-/m1/s1. The summed E-state index contributed by atoms with van der Waals surface area (Å²) in [5.74, 6) is -4.90. The Bertz CT molecular complexity index is 2190. The second-order valence-corrected chi connectivity index (χ2v) is 20.4. The number of carbonyl (C=O) groups is 4. The van der Waals surface area contributed by atoms with Gasteiger partial charge in [-0.3, -0.25) is 23.9 Å². The van der Waals surface area contributed by atoms with Crippen LogP contribution in [0.4, 0.5) is 17.6 Å². The van der Waals surface area contributed by atoms with Crippen molar-refractivity contribution in [2.45, 2.75) is 133 Å². The number of hydrogen-bond donors (Lipinski definition) is 1. The molecule has 2 amide bonds. The first-order chi connectivity index (χ1) is 28.7. The van der Waals surface area contributed by atoms with Gasteiger partial charge in [0.1, 0.15) is 17.5 Å². The van der Waals surface area contributed by atoms with Gasteiger partial charge >= 0.3 is 12.1 Å². The predicted octanol–water partition coefficient (Wildman–Crippen LogP) is 7.11. The van der Waals surface area contributed by atoms with Gasteiger partial charge in [-0.25, -0.2) is 12.8 Å². The summed E-state index contributed by atoms with van der Waals surface area (Å²) in [6.07, 6.45) is 0.585. The molecule has 334 valence electrons. The van der Waals surface area contributed by atoms with Gasteiger partial charge in [-0.15, -0.1) is 0 Å². The molecular formula is C44H55F4N3O9S. The number of aryl methyl sites for hydroxylation is 1. The Morgan fingerprint density at radius 3 is 2.49 bits per heavy atom. The maximum atomic E-state index is 15.1. The Kier molecular flexibility index (Phi) is 12.3. The summed E-state index contributed by atoms with van der Waals surface area (Å²) < 4.78 is 99.9. The van der Waals surface area contributed by atoms with E-state index in [1.807, 2.05) is 50.3 Å². The van der Waals surface area contributed by atoms with E-state index in [2.05, 4.69) is 4.72 Å². The molecule has 0 bridgehead atoms. The lowest BCUT2D eigenvalue weighted by Gasteiger charge is -2.34. The largest absolute Gasteiger partial charge is 0.477 e. The van der Waals surface area contributed by atoms with Crippen LogP contribution >= 0.6 is 0 Å². The smallest absolute Gasteiger partial charge is 0.427 e. The first-order valence-electron chi connectivity index (χ1n) is 21.4. The van der Waals surface area contributed by atoms with E-state index >= 15 is 4.79 Å². The number of carbonyl (C=O) groups excluding carboxylic acids is 4. The zero-order chi connectivity index (χ0) is 44.1. The highest BCUT2D eigenvalue weighted by molar-refractivity contribution is 7.91. The van der Waals surface area contributed by atoms with E-state index in [1.165, 1.54) is 4.90 Å². The van der Waals surface area contributed by atoms with E-state index in [0.717, 1.165) is 37.6 Å². The highest BCUT2D eigenvalue weighted by Gasteiger charge is 2.64. The Morgan fingerprint density at radius 2 is 1.82 bits per heavy atom. The molecule has 1 saturated heterocycles. The van der Waals surface area contributed by atoms with Crippen molar-refractivity contribution in [1.29, 1.82) is 0 Å². The second-order valence-electron chi connectivity index (χ2n) is 18.3. The number of fused-ring (bicyclic) bond motifs is 5. The van der Waals surface area contributed by atoms with E-state index in [0.29, 0.717) is 43.6 Å². The number of ketones is 1. The number of esters is 1. The summed E-state index contributed by atoms with van der Waals surface area (Å²) in [5.41, 5.74) is -3.40. The van der Waals surface area contributed by atoms with Gasteiger partial charge < -0.3 is 19.1 Å². The lowest BCUT2D eigenvalue weighted by molar-refractivity contribution is -0.257. The molecule has 1 aromatic heterocycles. The zero-order valence-electron chi connectivity index (χ0n) is 35.0. The average molecular weight is 878 g/mol. The number of halogens is 4. The van der Waals surface area contributed by atoms with Crippen molar-refractivity contribution in [2.24, 2.45) is 29.1 Å². The van der Waals surface area contributed by atoms with E-state index in [4.69, 9.17) is 19.2 Å². The molecule has 0 spiro atoms. The maximum Gasteiger partial charge on any atom is 0.427 e. The van der Waals surface area contributed by atoms with Crippen molar-refractivity contribution >= 4 is 44.4 Å². The lowest BCUT2D eigenvalue weighted by atomic mass is 9.79. The van der Waals surface area contributed by atoms with Crippen LogP contribution in [-0.2, 0) is 40.4 Å². The Morgan fingerprint density at radius 1 is 1.10 bits per heavy atom. The maximum absolute atomic E-state index is 15.1. The van der Waals surface area contributed by atoms with E-state index in [1.54, 1.807) is 0 Å². The number of nitrogens with zero attached hydrogens (tertiary/aromatic N) is 2. The van der Waals surface area contributed by atoms with Gasteiger partial charge in [0.2, 0.25) is 39.2 Å². The number of benzene rings is 1. The van der Waals surface area contributed by atoms with Crippen LogP contribution in [-0.4, -0.2) is 90.4 Å². The van der Waals surface area contributed by atoms with Crippen LogP contribution in [0.5, 0.6) is 11.8 Å². The van der Waals surface area contributed by atoms with Gasteiger partial charge in [-0.1, -0.05) is 50.6 Å². The number of nitrogens with one attached hydrogen (secondary N) is 1. The molecule has 17 heteroatoms. The third-order valence-electron chi connectivity index (χ3n) is 13.6. The summed E-state index contributed by atoms with van der Waals surface area (Å²) in [4.78, 5) is 63.3. The van der Waals surface area contributed by atoms with Gasteiger partial charge in [-0.05, 0) is 94.4 Å². The summed E-state index contributed by atoms with van der Waals surface area (Å²) >= 11 is 0. The summed E-state index contributed by atoms with van der Waals surface area (Å²) in [7, 11) is -4.42. The number of Topliss-reactive ketones (excluding diaryl/α,β-unsaturated/α-hetero) is 1. The number of ether oxygens (including phenoxy) is 3. The number of alkyl halides is 4. The predicted molar refractivity (Wildman–Crippen MR) is 216 cm³/mol. The minimum atomic E-state index is -4.88. The van der Waals surface area contributed by atoms with Crippen LogP contribution in [0.15, 0.2) is 36.4 Å². The van der Waals surface area contributed by atoms with Crippen molar-refractivity contribution in [3.05, 3.63) is 42.0 Å². The summed E-state index contributed by atoms with van der Waals surface area (Å²) in [6, 6.07) is 6.27. The molecule has 7 atom stereocenters. The van der Waals surface area contributed by atoms with E-state index < -0.39 is 105 Å². The third-order valence-corrected chi connectivity index (χ3v) is 15.7. The number of pyridine rings is 1.